The standard InChI is InChI=1S/C21H24N2O6S/c24-21(22-14-15-5-3-10-27-15)17-6-1-2-7-18(17)23-30(25,26)16-8-9-19-20(13-16)29-12-4-11-28-19/h1-2,6-9,13,15,23H,3-5,10-12,14H2,(H,22,24)/t15-/m1/s1. The Morgan fingerprint density at radius 1 is 1.00 bits per heavy atom. The van der Waals surface area contributed by atoms with E-state index >= 15 is 0 Å². The molecule has 2 aliphatic rings. The predicted molar refractivity (Wildman–Crippen MR) is 111 cm³/mol. The van der Waals surface area contributed by atoms with Crippen molar-refractivity contribution < 1.29 is 27.4 Å². The first-order chi connectivity index (χ1) is 14.5. The summed E-state index contributed by atoms with van der Waals surface area (Å²) >= 11 is 0. The van der Waals surface area contributed by atoms with Crippen molar-refractivity contribution in [2.75, 3.05) is 31.1 Å². The molecular formula is C21H24N2O6S. The third-order valence-corrected chi connectivity index (χ3v) is 6.32. The lowest BCUT2D eigenvalue weighted by atomic mass is 10.1. The second kappa shape index (κ2) is 8.93. The van der Waals surface area contributed by atoms with Crippen LogP contribution in [0.25, 0.3) is 0 Å². The summed E-state index contributed by atoms with van der Waals surface area (Å²) in [5.74, 6) is 0.542. The molecule has 8 nitrogen and oxygen atoms in total. The van der Waals surface area contributed by atoms with Gasteiger partial charge in [-0.1, -0.05) is 12.1 Å². The zero-order valence-electron chi connectivity index (χ0n) is 16.4. The van der Waals surface area contributed by atoms with Crippen molar-refractivity contribution in [1.82, 2.24) is 5.32 Å². The fourth-order valence-corrected chi connectivity index (χ4v) is 4.49. The summed E-state index contributed by atoms with van der Waals surface area (Å²) in [5.41, 5.74) is 0.447. The van der Waals surface area contributed by atoms with Gasteiger partial charge >= 0.3 is 0 Å². The van der Waals surface area contributed by atoms with Gasteiger partial charge in [-0.15, -0.1) is 0 Å². The molecule has 30 heavy (non-hydrogen) atoms. The number of para-hydroxylation sites is 1. The van der Waals surface area contributed by atoms with E-state index in [2.05, 4.69) is 10.0 Å². The number of ether oxygens (including phenoxy) is 3. The lowest BCUT2D eigenvalue weighted by Crippen LogP contribution is -2.32. The van der Waals surface area contributed by atoms with E-state index in [4.69, 9.17) is 14.2 Å². The van der Waals surface area contributed by atoms with Crippen molar-refractivity contribution in [2.45, 2.75) is 30.3 Å². The second-order valence-corrected chi connectivity index (χ2v) is 8.84. The number of fused-ring (bicyclic) bond motifs is 1. The first-order valence-electron chi connectivity index (χ1n) is 9.94. The predicted octanol–water partition coefficient (Wildman–Crippen LogP) is 2.56. The quantitative estimate of drug-likeness (QED) is 0.727. The maximum atomic E-state index is 13.0. The molecule has 1 amide bonds. The molecule has 4 rings (SSSR count). The average molecular weight is 432 g/mol. The van der Waals surface area contributed by atoms with E-state index in [1.54, 1.807) is 30.3 Å². The van der Waals surface area contributed by atoms with Crippen LogP contribution in [0.3, 0.4) is 0 Å². The van der Waals surface area contributed by atoms with Crippen molar-refractivity contribution in [3.05, 3.63) is 48.0 Å². The molecule has 1 atom stereocenters. The maximum absolute atomic E-state index is 13.0. The second-order valence-electron chi connectivity index (χ2n) is 7.16. The van der Waals surface area contributed by atoms with Gasteiger partial charge in [-0.05, 0) is 37.1 Å². The van der Waals surface area contributed by atoms with Crippen LogP contribution in [0.2, 0.25) is 0 Å². The summed E-state index contributed by atoms with van der Waals surface area (Å²) in [6, 6.07) is 11.0. The Bertz CT molecular complexity index is 1020. The van der Waals surface area contributed by atoms with E-state index in [9.17, 15) is 13.2 Å². The molecule has 0 bridgehead atoms. The molecule has 0 aromatic heterocycles. The van der Waals surface area contributed by atoms with Gasteiger partial charge in [0.1, 0.15) is 0 Å². The summed E-state index contributed by atoms with van der Waals surface area (Å²) in [7, 11) is -3.94. The SMILES string of the molecule is O=C(NC[C@H]1CCCO1)c1ccccc1NS(=O)(=O)c1ccc2c(c1)OCCCO2. The molecule has 0 saturated carbocycles. The lowest BCUT2D eigenvalue weighted by molar-refractivity contribution is 0.0858. The summed E-state index contributed by atoms with van der Waals surface area (Å²) in [6.07, 6.45) is 2.61. The van der Waals surface area contributed by atoms with Crippen LogP contribution in [-0.4, -0.2) is 46.8 Å². The van der Waals surface area contributed by atoms with Crippen LogP contribution in [0.1, 0.15) is 29.6 Å². The monoisotopic (exact) mass is 432 g/mol. The highest BCUT2D eigenvalue weighted by Gasteiger charge is 2.22. The van der Waals surface area contributed by atoms with E-state index in [0.29, 0.717) is 37.9 Å². The number of carbonyl (C=O) groups excluding carboxylic acids is 1. The van der Waals surface area contributed by atoms with Gasteiger partial charge in [0.25, 0.3) is 15.9 Å². The van der Waals surface area contributed by atoms with Crippen LogP contribution in [0.15, 0.2) is 47.4 Å². The number of rotatable bonds is 6. The molecule has 9 heteroatoms. The molecule has 0 spiro atoms. The highest BCUT2D eigenvalue weighted by molar-refractivity contribution is 7.92. The fourth-order valence-electron chi connectivity index (χ4n) is 3.39. The van der Waals surface area contributed by atoms with Gasteiger partial charge < -0.3 is 19.5 Å². The Morgan fingerprint density at radius 2 is 1.80 bits per heavy atom. The molecule has 2 N–H and O–H groups in total. The Morgan fingerprint density at radius 3 is 2.60 bits per heavy atom. The Kier molecular flexibility index (Phi) is 6.10. The Hall–Kier alpha value is -2.78. The summed E-state index contributed by atoms with van der Waals surface area (Å²) in [6.45, 7) is 2.07. The van der Waals surface area contributed by atoms with E-state index < -0.39 is 10.0 Å². The van der Waals surface area contributed by atoms with Gasteiger partial charge in [0.15, 0.2) is 11.5 Å². The zero-order chi connectivity index (χ0) is 21.0. The highest BCUT2D eigenvalue weighted by Crippen LogP contribution is 2.32. The topological polar surface area (TPSA) is 103 Å². The van der Waals surface area contributed by atoms with Gasteiger partial charge in [0, 0.05) is 25.6 Å². The van der Waals surface area contributed by atoms with E-state index in [0.717, 1.165) is 19.3 Å². The number of hydrogen-bond donors (Lipinski definition) is 2. The largest absolute Gasteiger partial charge is 0.490 e. The van der Waals surface area contributed by atoms with Gasteiger partial charge in [0.05, 0.1) is 35.5 Å². The molecule has 2 aliphatic heterocycles. The van der Waals surface area contributed by atoms with Crippen LogP contribution in [-0.2, 0) is 14.8 Å². The molecule has 0 radical (unpaired) electrons. The minimum Gasteiger partial charge on any atom is -0.490 e. The molecule has 1 saturated heterocycles. The summed E-state index contributed by atoms with van der Waals surface area (Å²) in [4.78, 5) is 12.7. The van der Waals surface area contributed by atoms with Gasteiger partial charge in [-0.3, -0.25) is 9.52 Å². The summed E-state index contributed by atoms with van der Waals surface area (Å²) in [5, 5.41) is 2.82. The number of benzene rings is 2. The van der Waals surface area contributed by atoms with Gasteiger partial charge in [-0.25, -0.2) is 8.42 Å². The molecule has 1 fully saturated rings. The summed E-state index contributed by atoms with van der Waals surface area (Å²) < 4.78 is 45.1. The van der Waals surface area contributed by atoms with Crippen LogP contribution >= 0.6 is 0 Å². The van der Waals surface area contributed by atoms with Crippen molar-refractivity contribution in [1.29, 1.82) is 0 Å². The van der Waals surface area contributed by atoms with Crippen molar-refractivity contribution >= 4 is 21.6 Å². The first kappa shape index (κ1) is 20.5. The van der Waals surface area contributed by atoms with Crippen LogP contribution in [0, 0.1) is 0 Å². The zero-order valence-corrected chi connectivity index (χ0v) is 17.2. The molecular weight excluding hydrogens is 408 g/mol. The molecule has 2 heterocycles. The van der Waals surface area contributed by atoms with Crippen LogP contribution in [0.4, 0.5) is 5.69 Å². The number of anilines is 1. The third kappa shape index (κ3) is 4.68. The van der Waals surface area contributed by atoms with Crippen LogP contribution < -0.4 is 19.5 Å². The molecule has 0 unspecified atom stereocenters. The third-order valence-electron chi connectivity index (χ3n) is 4.96. The number of sulfonamides is 1. The minimum atomic E-state index is -3.94. The average Bonchev–Trinajstić information content (AvgIpc) is 3.15. The normalized spacial score (nSPS) is 18.5. The number of amides is 1. The number of hydrogen-bond acceptors (Lipinski definition) is 6. The highest BCUT2D eigenvalue weighted by atomic mass is 32.2. The van der Waals surface area contributed by atoms with Crippen molar-refractivity contribution in [3.8, 4) is 11.5 Å². The van der Waals surface area contributed by atoms with Crippen molar-refractivity contribution in [2.24, 2.45) is 0 Å². The van der Waals surface area contributed by atoms with Crippen molar-refractivity contribution in [3.63, 3.8) is 0 Å². The fraction of sp³-hybridized carbons (Fsp3) is 0.381. The Balaban J connectivity index is 1.52. The van der Waals surface area contributed by atoms with E-state index in [1.807, 2.05) is 0 Å². The maximum Gasteiger partial charge on any atom is 0.262 e. The first-order valence-corrected chi connectivity index (χ1v) is 11.4. The van der Waals surface area contributed by atoms with E-state index in [-0.39, 0.29) is 28.2 Å². The smallest absolute Gasteiger partial charge is 0.262 e. The van der Waals surface area contributed by atoms with Gasteiger partial charge in [0.2, 0.25) is 0 Å². The van der Waals surface area contributed by atoms with Crippen LogP contribution in [0.5, 0.6) is 11.5 Å². The molecule has 0 aliphatic carbocycles. The van der Waals surface area contributed by atoms with E-state index in [1.165, 1.54) is 12.1 Å². The lowest BCUT2D eigenvalue weighted by Gasteiger charge is -2.15. The number of carbonyl (C=O) groups is 1. The molecule has 160 valence electrons. The van der Waals surface area contributed by atoms with Gasteiger partial charge in [-0.2, -0.15) is 0 Å². The number of nitrogens with one attached hydrogen (secondary N) is 2. The molecule has 2 aromatic carbocycles. The molecule has 2 aromatic rings. The Labute approximate surface area is 175 Å². The minimum absolute atomic E-state index is 0.000370.